The van der Waals surface area contributed by atoms with Crippen LogP contribution in [0.4, 0.5) is 0 Å². The largest absolute Gasteiger partial charge is 0.464 e. The smallest absolute Gasteiger partial charge is 0.305 e. The molecule has 0 heterocycles. The van der Waals surface area contributed by atoms with Gasteiger partial charge in [0.05, 0.1) is 13.1 Å². The molecule has 0 aliphatic rings. The molecule has 0 aromatic heterocycles. The van der Waals surface area contributed by atoms with E-state index >= 15 is 0 Å². The molecule has 0 aliphatic heterocycles. The lowest BCUT2D eigenvalue weighted by Gasteiger charge is -2.21. The molecule has 3 N–H and O–H groups in total. The van der Waals surface area contributed by atoms with Gasteiger partial charge in [-0.05, 0) is 12.8 Å². The Kier molecular flexibility index (Phi) is 34.0. The first-order valence-corrected chi connectivity index (χ1v) is 19.4. The summed E-state index contributed by atoms with van der Waals surface area (Å²) in [6.07, 6.45) is 33.9. The average molecular weight is 640 g/mol. The third kappa shape index (κ3) is 32.1. The number of rotatable bonds is 35. The van der Waals surface area contributed by atoms with E-state index < -0.39 is 0 Å². The van der Waals surface area contributed by atoms with E-state index in [0.29, 0.717) is 25.9 Å². The zero-order valence-electron chi connectivity index (χ0n) is 30.0. The van der Waals surface area contributed by atoms with Crippen LogP contribution >= 0.6 is 0 Å². The summed E-state index contributed by atoms with van der Waals surface area (Å²) in [6, 6.07) is 0. The predicted octanol–water partition coefficient (Wildman–Crippen LogP) is 9.11. The number of quaternary nitrogens is 1. The molecular formula is C38H75N2O5+. The van der Waals surface area contributed by atoms with Gasteiger partial charge in [0.25, 0.3) is 5.91 Å². The van der Waals surface area contributed by atoms with Crippen LogP contribution in [0.25, 0.3) is 0 Å². The van der Waals surface area contributed by atoms with Crippen molar-refractivity contribution in [3.05, 3.63) is 0 Å². The van der Waals surface area contributed by atoms with E-state index in [9.17, 15) is 14.4 Å². The lowest BCUT2D eigenvalue weighted by molar-refractivity contribution is -0.357. The van der Waals surface area contributed by atoms with Gasteiger partial charge in [-0.3, -0.25) is 14.4 Å². The fourth-order valence-electron chi connectivity index (χ4n) is 5.78. The molecule has 45 heavy (non-hydrogen) atoms. The van der Waals surface area contributed by atoms with Crippen molar-refractivity contribution in [3.8, 4) is 0 Å². The van der Waals surface area contributed by atoms with Gasteiger partial charge in [-0.2, -0.15) is 0 Å². The molecule has 266 valence electrons. The Labute approximate surface area is 278 Å². The molecule has 0 atom stereocenters. The molecule has 0 saturated carbocycles. The maximum atomic E-state index is 12.3. The van der Waals surface area contributed by atoms with Crippen LogP contribution in [0, 0.1) is 0 Å². The van der Waals surface area contributed by atoms with Crippen LogP contribution in [0.1, 0.15) is 194 Å². The first-order chi connectivity index (χ1) is 22.0. The second-order valence-electron chi connectivity index (χ2n) is 13.1. The number of carbonyl (C=O) groups excluding carboxylic acids is 3. The van der Waals surface area contributed by atoms with Gasteiger partial charge in [0.15, 0.2) is 6.54 Å². The Morgan fingerprint density at radius 1 is 0.444 bits per heavy atom. The molecule has 0 fully saturated rings. The highest BCUT2D eigenvalue weighted by Crippen LogP contribution is 2.14. The summed E-state index contributed by atoms with van der Waals surface area (Å²) in [5, 5.41) is 0. The van der Waals surface area contributed by atoms with Crippen molar-refractivity contribution in [2.45, 2.75) is 194 Å². The van der Waals surface area contributed by atoms with Gasteiger partial charge >= 0.3 is 11.9 Å². The number of nitrogens with zero attached hydrogens (tertiary/aromatic N) is 1. The van der Waals surface area contributed by atoms with Crippen molar-refractivity contribution in [2.75, 3.05) is 32.8 Å². The van der Waals surface area contributed by atoms with E-state index in [1.165, 1.54) is 141 Å². The van der Waals surface area contributed by atoms with E-state index in [2.05, 4.69) is 19.6 Å². The van der Waals surface area contributed by atoms with Crippen molar-refractivity contribution < 1.29 is 29.6 Å². The van der Waals surface area contributed by atoms with Gasteiger partial charge in [0.1, 0.15) is 13.2 Å². The lowest BCUT2D eigenvalue weighted by Crippen LogP contribution is -2.58. The molecule has 0 aromatic rings. The van der Waals surface area contributed by atoms with E-state index in [1.54, 1.807) is 4.90 Å². The summed E-state index contributed by atoms with van der Waals surface area (Å²) in [5.41, 5.74) is 3.68. The molecule has 0 unspecified atom stereocenters. The van der Waals surface area contributed by atoms with Crippen LogP contribution < -0.4 is 5.73 Å². The van der Waals surface area contributed by atoms with Gasteiger partial charge in [-0.15, -0.1) is 0 Å². The zero-order chi connectivity index (χ0) is 33.1. The molecule has 7 nitrogen and oxygen atoms in total. The van der Waals surface area contributed by atoms with Gasteiger partial charge in [-0.1, -0.05) is 168 Å². The van der Waals surface area contributed by atoms with Crippen LogP contribution in [0.5, 0.6) is 0 Å². The molecule has 0 spiro atoms. The first-order valence-electron chi connectivity index (χ1n) is 19.4. The number of hydrogen-bond acceptors (Lipinski definition) is 5. The Morgan fingerprint density at radius 3 is 0.978 bits per heavy atom. The fraction of sp³-hybridized carbons (Fsp3) is 0.921. The van der Waals surface area contributed by atoms with Crippen molar-refractivity contribution in [3.63, 3.8) is 0 Å². The summed E-state index contributed by atoms with van der Waals surface area (Å²) in [7, 11) is 0. The van der Waals surface area contributed by atoms with Gasteiger partial charge in [-0.25, -0.2) is 0 Å². The van der Waals surface area contributed by atoms with Crippen LogP contribution in [0.3, 0.4) is 0 Å². The zero-order valence-corrected chi connectivity index (χ0v) is 30.0. The standard InChI is InChI=1S/C38H74N2O5/c1-3-5-7-9-11-13-15-17-19-21-23-25-27-29-37(42)44-33-31-40(36(41)35-39)32-34-45-38(43)30-28-26-24-22-20-18-16-14-12-10-8-6-4-2/h3-35,39H2,1-2H3/p+1. The first kappa shape index (κ1) is 43.4. The normalized spacial score (nSPS) is 11.1. The molecule has 7 heteroatoms. The van der Waals surface area contributed by atoms with Crippen LogP contribution in [0.2, 0.25) is 0 Å². The highest BCUT2D eigenvalue weighted by atomic mass is 16.5. The third-order valence-corrected chi connectivity index (χ3v) is 8.78. The van der Waals surface area contributed by atoms with Crippen molar-refractivity contribution >= 4 is 17.8 Å². The minimum absolute atomic E-state index is 0.125. The number of esters is 2. The fourth-order valence-corrected chi connectivity index (χ4v) is 5.78. The Bertz CT molecular complexity index is 625. The van der Waals surface area contributed by atoms with Crippen molar-refractivity contribution in [1.82, 2.24) is 4.90 Å². The molecule has 0 aliphatic carbocycles. The monoisotopic (exact) mass is 640 g/mol. The molecule has 0 bridgehead atoms. The minimum Gasteiger partial charge on any atom is -0.464 e. The van der Waals surface area contributed by atoms with E-state index in [0.717, 1.165) is 25.7 Å². The topological polar surface area (TPSA) is 101 Å². The number of hydrogen-bond donors (Lipinski definition) is 1. The summed E-state index contributed by atoms with van der Waals surface area (Å²) >= 11 is 0. The maximum Gasteiger partial charge on any atom is 0.305 e. The predicted molar refractivity (Wildman–Crippen MR) is 187 cm³/mol. The summed E-state index contributed by atoms with van der Waals surface area (Å²) in [5.74, 6) is -0.538. The molecule has 0 rings (SSSR count). The summed E-state index contributed by atoms with van der Waals surface area (Å²) in [4.78, 5) is 38.1. The molecule has 1 amide bonds. The second kappa shape index (κ2) is 35.2. The van der Waals surface area contributed by atoms with E-state index in [1.807, 2.05) is 0 Å². The van der Waals surface area contributed by atoms with Gasteiger partial charge in [0.2, 0.25) is 0 Å². The molecule has 0 saturated heterocycles. The van der Waals surface area contributed by atoms with Crippen molar-refractivity contribution in [1.29, 1.82) is 0 Å². The summed E-state index contributed by atoms with van der Waals surface area (Å²) in [6.45, 7) is 5.57. The maximum absolute atomic E-state index is 12.3. The Morgan fingerprint density at radius 2 is 0.711 bits per heavy atom. The Balaban J connectivity index is 3.71. The number of ether oxygens (including phenoxy) is 2. The lowest BCUT2D eigenvalue weighted by atomic mass is 10.0. The van der Waals surface area contributed by atoms with Crippen LogP contribution in [0.15, 0.2) is 0 Å². The highest BCUT2D eigenvalue weighted by Gasteiger charge is 2.15. The number of carbonyl (C=O) groups is 3. The molecule has 0 radical (unpaired) electrons. The quantitative estimate of drug-likeness (QED) is 0.0551. The van der Waals surface area contributed by atoms with Gasteiger partial charge in [0, 0.05) is 12.8 Å². The minimum atomic E-state index is -0.204. The number of amides is 1. The van der Waals surface area contributed by atoms with Gasteiger partial charge < -0.3 is 20.1 Å². The van der Waals surface area contributed by atoms with Crippen LogP contribution in [-0.4, -0.2) is 55.6 Å². The highest BCUT2D eigenvalue weighted by molar-refractivity contribution is 5.77. The van der Waals surface area contributed by atoms with Crippen LogP contribution in [-0.2, 0) is 23.9 Å². The molecule has 0 aromatic carbocycles. The Hall–Kier alpha value is -1.63. The SMILES string of the molecule is CCCCCCCCCCCCCCCC(=O)OCCN(CCOC(=O)CCCCCCCCCCCCCCC)C(=O)C[NH3+]. The average Bonchev–Trinajstić information content (AvgIpc) is 3.04. The van der Waals surface area contributed by atoms with E-state index in [4.69, 9.17) is 9.47 Å². The number of unbranched alkanes of at least 4 members (excludes halogenated alkanes) is 24. The molecular weight excluding hydrogens is 564 g/mol. The summed E-state index contributed by atoms with van der Waals surface area (Å²) < 4.78 is 10.7. The third-order valence-electron chi connectivity index (χ3n) is 8.78. The van der Waals surface area contributed by atoms with E-state index in [-0.39, 0.29) is 37.6 Å². The van der Waals surface area contributed by atoms with Crippen molar-refractivity contribution in [2.24, 2.45) is 0 Å². The second-order valence-corrected chi connectivity index (χ2v) is 13.1.